The van der Waals surface area contributed by atoms with E-state index in [1.165, 1.54) is 19.3 Å². The number of piperazine rings is 1. The second kappa shape index (κ2) is 7.45. The Balaban J connectivity index is 0.00000161. The molecule has 3 rings (SSSR count). The first kappa shape index (κ1) is 16.6. The Morgan fingerprint density at radius 1 is 1.14 bits per heavy atom. The van der Waals surface area contributed by atoms with Gasteiger partial charge in [0.1, 0.15) is 0 Å². The lowest BCUT2D eigenvalue weighted by atomic mass is 9.85. The standard InChI is InChI=1S/C15H25N3O2.ClH/c19-14(17-7-1-2-8-17)10-13-15(20)18(9-6-16-13)11-12-4-3-5-12;/h12-13,16H,1-11H2;1H. The van der Waals surface area contributed by atoms with Crippen molar-refractivity contribution in [1.82, 2.24) is 15.1 Å². The zero-order valence-corrected chi connectivity index (χ0v) is 13.4. The average Bonchev–Trinajstić information content (AvgIpc) is 2.91. The maximum Gasteiger partial charge on any atom is 0.240 e. The molecule has 0 aromatic rings. The predicted molar refractivity (Wildman–Crippen MR) is 83.4 cm³/mol. The molecule has 1 atom stereocenters. The molecule has 0 aromatic carbocycles. The minimum atomic E-state index is -0.295. The van der Waals surface area contributed by atoms with Crippen molar-refractivity contribution in [2.45, 2.75) is 44.6 Å². The number of carbonyl (C=O) groups is 2. The first-order valence-electron chi connectivity index (χ1n) is 8.04. The quantitative estimate of drug-likeness (QED) is 0.843. The van der Waals surface area contributed by atoms with Gasteiger partial charge in [0, 0.05) is 32.7 Å². The molecule has 120 valence electrons. The van der Waals surface area contributed by atoms with Crippen LogP contribution in [0, 0.1) is 5.92 Å². The number of likely N-dealkylation sites (tertiary alicyclic amines) is 1. The SMILES string of the molecule is Cl.O=C(CC1NCCN(CC2CCC2)C1=O)N1CCCC1. The summed E-state index contributed by atoms with van der Waals surface area (Å²) in [6, 6.07) is -0.295. The highest BCUT2D eigenvalue weighted by atomic mass is 35.5. The van der Waals surface area contributed by atoms with E-state index in [2.05, 4.69) is 5.32 Å². The number of halogens is 1. The van der Waals surface area contributed by atoms with Gasteiger partial charge < -0.3 is 15.1 Å². The molecule has 2 heterocycles. The molecule has 0 radical (unpaired) electrons. The molecule has 5 nitrogen and oxygen atoms in total. The molecule has 6 heteroatoms. The summed E-state index contributed by atoms with van der Waals surface area (Å²) < 4.78 is 0. The molecule has 0 aromatic heterocycles. The van der Waals surface area contributed by atoms with Gasteiger partial charge in [-0.3, -0.25) is 9.59 Å². The summed E-state index contributed by atoms with van der Waals surface area (Å²) in [5, 5.41) is 3.22. The Morgan fingerprint density at radius 3 is 2.48 bits per heavy atom. The van der Waals surface area contributed by atoms with E-state index >= 15 is 0 Å². The molecule has 1 saturated carbocycles. The summed E-state index contributed by atoms with van der Waals surface area (Å²) in [6.45, 7) is 4.24. The molecule has 0 spiro atoms. The Hall–Kier alpha value is -0.810. The van der Waals surface area contributed by atoms with Crippen LogP contribution >= 0.6 is 12.4 Å². The van der Waals surface area contributed by atoms with Gasteiger partial charge in [-0.25, -0.2) is 0 Å². The van der Waals surface area contributed by atoms with E-state index in [4.69, 9.17) is 0 Å². The number of amides is 2. The van der Waals surface area contributed by atoms with Crippen LogP contribution in [-0.4, -0.2) is 60.4 Å². The van der Waals surface area contributed by atoms with Gasteiger partial charge in [-0.1, -0.05) is 6.42 Å². The number of rotatable bonds is 4. The highest BCUT2D eigenvalue weighted by Crippen LogP contribution is 2.27. The maximum atomic E-state index is 12.4. The highest BCUT2D eigenvalue weighted by Gasteiger charge is 2.33. The van der Waals surface area contributed by atoms with Gasteiger partial charge in [0.25, 0.3) is 0 Å². The molecular weight excluding hydrogens is 290 g/mol. The van der Waals surface area contributed by atoms with E-state index in [0.717, 1.165) is 45.6 Å². The largest absolute Gasteiger partial charge is 0.343 e. The normalized spacial score (nSPS) is 26.5. The number of hydrogen-bond acceptors (Lipinski definition) is 3. The fourth-order valence-electron chi connectivity index (χ4n) is 3.39. The first-order chi connectivity index (χ1) is 9.74. The number of nitrogens with one attached hydrogen (secondary N) is 1. The number of hydrogen-bond donors (Lipinski definition) is 1. The van der Waals surface area contributed by atoms with Crippen molar-refractivity contribution in [3.05, 3.63) is 0 Å². The third-order valence-corrected chi connectivity index (χ3v) is 4.92. The monoisotopic (exact) mass is 315 g/mol. The second-order valence-electron chi connectivity index (χ2n) is 6.38. The summed E-state index contributed by atoms with van der Waals surface area (Å²) >= 11 is 0. The summed E-state index contributed by atoms with van der Waals surface area (Å²) in [5.74, 6) is 0.974. The highest BCUT2D eigenvalue weighted by molar-refractivity contribution is 5.89. The molecule has 0 bridgehead atoms. The van der Waals surface area contributed by atoms with Crippen LogP contribution < -0.4 is 5.32 Å². The molecule has 3 fully saturated rings. The molecule has 2 aliphatic heterocycles. The minimum Gasteiger partial charge on any atom is -0.343 e. The Morgan fingerprint density at radius 2 is 1.86 bits per heavy atom. The third kappa shape index (κ3) is 3.89. The lowest BCUT2D eigenvalue weighted by molar-refractivity contribution is -0.141. The van der Waals surface area contributed by atoms with Crippen LogP contribution in [-0.2, 0) is 9.59 Å². The fraction of sp³-hybridized carbons (Fsp3) is 0.867. The molecule has 1 aliphatic carbocycles. The second-order valence-corrected chi connectivity index (χ2v) is 6.38. The summed E-state index contributed by atoms with van der Waals surface area (Å²) in [5.41, 5.74) is 0. The van der Waals surface area contributed by atoms with Gasteiger partial charge in [-0.05, 0) is 31.6 Å². The van der Waals surface area contributed by atoms with Crippen LogP contribution in [0.5, 0.6) is 0 Å². The lowest BCUT2D eigenvalue weighted by Gasteiger charge is -2.38. The predicted octanol–water partition coefficient (Wildman–Crippen LogP) is 1.02. The van der Waals surface area contributed by atoms with Crippen molar-refractivity contribution in [1.29, 1.82) is 0 Å². The van der Waals surface area contributed by atoms with Gasteiger partial charge >= 0.3 is 0 Å². The minimum absolute atomic E-state index is 0. The van der Waals surface area contributed by atoms with Crippen molar-refractivity contribution < 1.29 is 9.59 Å². The van der Waals surface area contributed by atoms with Crippen molar-refractivity contribution in [2.24, 2.45) is 5.92 Å². The molecule has 1 unspecified atom stereocenters. The van der Waals surface area contributed by atoms with Gasteiger partial charge in [0.05, 0.1) is 12.5 Å². The lowest BCUT2D eigenvalue weighted by Crippen LogP contribution is -2.57. The molecule has 1 N–H and O–H groups in total. The maximum absolute atomic E-state index is 12.4. The van der Waals surface area contributed by atoms with Crippen LogP contribution in [0.1, 0.15) is 38.5 Å². The first-order valence-corrected chi connectivity index (χ1v) is 8.04. The zero-order chi connectivity index (χ0) is 13.9. The van der Waals surface area contributed by atoms with Crippen molar-refractivity contribution in [3.8, 4) is 0 Å². The van der Waals surface area contributed by atoms with Crippen LogP contribution in [0.4, 0.5) is 0 Å². The molecular formula is C15H26ClN3O2. The number of nitrogens with zero attached hydrogens (tertiary/aromatic N) is 2. The van der Waals surface area contributed by atoms with Crippen LogP contribution in [0.15, 0.2) is 0 Å². The molecule has 2 amide bonds. The molecule has 21 heavy (non-hydrogen) atoms. The van der Waals surface area contributed by atoms with Crippen molar-refractivity contribution >= 4 is 24.2 Å². The van der Waals surface area contributed by atoms with Gasteiger partial charge in [-0.2, -0.15) is 0 Å². The Bertz CT molecular complexity index is 381. The van der Waals surface area contributed by atoms with E-state index in [-0.39, 0.29) is 30.3 Å². The van der Waals surface area contributed by atoms with E-state index in [9.17, 15) is 9.59 Å². The number of carbonyl (C=O) groups excluding carboxylic acids is 2. The average molecular weight is 316 g/mol. The smallest absolute Gasteiger partial charge is 0.240 e. The Labute approximate surface area is 132 Å². The van der Waals surface area contributed by atoms with E-state index < -0.39 is 0 Å². The van der Waals surface area contributed by atoms with Gasteiger partial charge in [0.2, 0.25) is 11.8 Å². The van der Waals surface area contributed by atoms with Crippen molar-refractivity contribution in [2.75, 3.05) is 32.7 Å². The zero-order valence-electron chi connectivity index (χ0n) is 12.6. The van der Waals surface area contributed by atoms with Crippen LogP contribution in [0.25, 0.3) is 0 Å². The third-order valence-electron chi connectivity index (χ3n) is 4.92. The summed E-state index contributed by atoms with van der Waals surface area (Å²) in [7, 11) is 0. The summed E-state index contributed by atoms with van der Waals surface area (Å²) in [4.78, 5) is 28.5. The van der Waals surface area contributed by atoms with Gasteiger partial charge in [0.15, 0.2) is 0 Å². The fourth-order valence-corrected chi connectivity index (χ4v) is 3.39. The van der Waals surface area contributed by atoms with Gasteiger partial charge in [-0.15, -0.1) is 12.4 Å². The molecule has 3 aliphatic rings. The topological polar surface area (TPSA) is 52.7 Å². The van der Waals surface area contributed by atoms with E-state index in [1.807, 2.05) is 9.80 Å². The summed E-state index contributed by atoms with van der Waals surface area (Å²) in [6.07, 6.45) is 6.36. The van der Waals surface area contributed by atoms with E-state index in [1.54, 1.807) is 0 Å². The van der Waals surface area contributed by atoms with Crippen LogP contribution in [0.2, 0.25) is 0 Å². The van der Waals surface area contributed by atoms with Crippen LogP contribution in [0.3, 0.4) is 0 Å². The van der Waals surface area contributed by atoms with Crippen molar-refractivity contribution in [3.63, 3.8) is 0 Å². The molecule has 2 saturated heterocycles. The van der Waals surface area contributed by atoms with E-state index in [0.29, 0.717) is 12.3 Å². The Kier molecular flexibility index (Phi) is 5.88.